The summed E-state index contributed by atoms with van der Waals surface area (Å²) in [5.74, 6) is -0.612. The van der Waals surface area contributed by atoms with Crippen LogP contribution in [0.1, 0.15) is 0 Å². The van der Waals surface area contributed by atoms with E-state index in [-0.39, 0.29) is 11.3 Å². The lowest BCUT2D eigenvalue weighted by atomic mass is 10.2. The van der Waals surface area contributed by atoms with Gasteiger partial charge in [0.05, 0.1) is 24.3 Å². The van der Waals surface area contributed by atoms with Gasteiger partial charge in [0.1, 0.15) is 33.3 Å². The van der Waals surface area contributed by atoms with Crippen LogP contribution in [-0.4, -0.2) is 36.2 Å². The Kier molecular flexibility index (Phi) is 6.18. The Hall–Kier alpha value is -4.06. The first kappa shape index (κ1) is 22.1. The lowest BCUT2D eigenvalue weighted by Gasteiger charge is -2.10. The Morgan fingerprint density at radius 3 is 2.61 bits per heavy atom. The number of nitrogens with zero attached hydrogens (tertiary/aromatic N) is 4. The van der Waals surface area contributed by atoms with E-state index in [1.165, 1.54) is 29.2 Å². The fourth-order valence-corrected chi connectivity index (χ4v) is 3.47. The molecule has 0 radical (unpaired) electrons. The highest BCUT2D eigenvalue weighted by Gasteiger charge is 2.16. The van der Waals surface area contributed by atoms with Gasteiger partial charge >= 0.3 is 0 Å². The Bertz CT molecular complexity index is 1440. The molecule has 3 heterocycles. The third-order valence-electron chi connectivity index (χ3n) is 4.53. The summed E-state index contributed by atoms with van der Waals surface area (Å²) in [4.78, 5) is 31.9. The van der Waals surface area contributed by atoms with Crippen LogP contribution in [0.4, 0.5) is 11.4 Å². The van der Waals surface area contributed by atoms with Gasteiger partial charge in [0.25, 0.3) is 11.5 Å². The number of aromatic nitrogens is 5. The number of nitrogens with one attached hydrogen (secondary N) is 3. The number of hydrogen-bond acceptors (Lipinski definition) is 7. The number of hydrogen-bond donors (Lipinski definition) is 5. The van der Waals surface area contributed by atoms with Crippen molar-refractivity contribution >= 4 is 51.8 Å². The number of H-pyrrole nitrogens is 1. The first-order valence-corrected chi connectivity index (χ1v) is 10.1. The lowest BCUT2D eigenvalue weighted by Crippen LogP contribution is -2.72. The molecule has 0 saturated carbocycles. The summed E-state index contributed by atoms with van der Waals surface area (Å²) in [6.45, 7) is 0. The van der Waals surface area contributed by atoms with Crippen LogP contribution in [0, 0.1) is 5.41 Å². The molecule has 0 aliphatic heterocycles. The molecule has 0 bridgehead atoms. The number of quaternary nitrogens is 1. The summed E-state index contributed by atoms with van der Waals surface area (Å²) < 4.78 is 1.35. The first-order chi connectivity index (χ1) is 15.8. The average Bonchev–Trinajstić information content (AvgIpc) is 3.23. The first-order valence-electron chi connectivity index (χ1n) is 9.37. The number of amides is 1. The average molecular weight is 485 g/mol. The summed E-state index contributed by atoms with van der Waals surface area (Å²) in [5, 5.41) is 20.2. The van der Waals surface area contributed by atoms with Gasteiger partial charge in [-0.15, -0.1) is 0 Å². The predicted molar refractivity (Wildman–Crippen MR) is 124 cm³/mol. The molecule has 166 valence electrons. The van der Waals surface area contributed by atoms with Crippen molar-refractivity contribution < 1.29 is 10.1 Å². The zero-order chi connectivity index (χ0) is 23.5. The van der Waals surface area contributed by atoms with Crippen molar-refractivity contribution in [3.63, 3.8) is 0 Å². The molecule has 0 spiro atoms. The van der Waals surface area contributed by atoms with Gasteiger partial charge in [-0.25, -0.2) is 4.40 Å². The van der Waals surface area contributed by atoms with Crippen molar-refractivity contribution in [2.24, 2.45) is 5.73 Å². The van der Waals surface area contributed by atoms with Gasteiger partial charge in [-0.2, -0.15) is 5.10 Å². The summed E-state index contributed by atoms with van der Waals surface area (Å²) in [6.07, 6.45) is 5.59. The Labute approximate surface area is 195 Å². The highest BCUT2D eigenvalue weighted by Crippen LogP contribution is 2.25. The number of rotatable bonds is 7. The second kappa shape index (κ2) is 9.20. The van der Waals surface area contributed by atoms with E-state index < -0.39 is 11.6 Å². The topological polar surface area (TPSA) is 172 Å². The van der Waals surface area contributed by atoms with Crippen LogP contribution in [0.5, 0.6) is 0 Å². The monoisotopic (exact) mass is 484 g/mol. The number of fused-ring (bicyclic) bond motifs is 1. The number of nitrogens with two attached hydrogens (primary N) is 2. The van der Waals surface area contributed by atoms with Crippen molar-refractivity contribution in [1.29, 1.82) is 5.41 Å². The summed E-state index contributed by atoms with van der Waals surface area (Å²) in [7, 11) is 0. The van der Waals surface area contributed by atoms with E-state index in [4.69, 9.17) is 34.3 Å². The van der Waals surface area contributed by atoms with Crippen LogP contribution >= 0.6 is 23.2 Å². The molecule has 0 fully saturated rings. The maximum atomic E-state index is 12.1. The fraction of sp³-hybridized carbons (Fsp3) is 0. The molecule has 0 atom stereocenters. The number of aromatic amines is 1. The van der Waals surface area contributed by atoms with Crippen LogP contribution in [0.3, 0.4) is 0 Å². The van der Waals surface area contributed by atoms with Crippen molar-refractivity contribution in [1.82, 2.24) is 24.6 Å². The van der Waals surface area contributed by atoms with E-state index in [9.17, 15) is 9.59 Å². The number of primary amides is 1. The number of anilines is 1. The molecule has 1 aromatic carbocycles. The number of pyridine rings is 1. The lowest BCUT2D eigenvalue weighted by molar-refractivity contribution is -0.496. The van der Waals surface area contributed by atoms with Gasteiger partial charge in [0.2, 0.25) is 0 Å². The molecule has 1 amide bonds. The van der Waals surface area contributed by atoms with Crippen molar-refractivity contribution in [2.75, 3.05) is 5.32 Å². The standard InChI is InChI=1S/C20H15Cl2N9O2/c21-11-2-1-3-12(22)18(11)27-7-14(17(23)19(24)33)28-10-4-5-13(26-6-10)20-30-29-15-8-25-9-16(32)31(15)20/h1-9,23,27-29H,(H2,24,33)/p+1/b14-7+,23-17?. The SMILES string of the molecule is N=C(C(N)=O)/C(=C\[NH2+]c1c(Cl)cccc1Cl)Nc1ccc(-c2n[nH]c3cncc(=O)n23)nc1. The molecule has 0 aliphatic rings. The molecule has 0 saturated heterocycles. The second-order valence-corrected chi connectivity index (χ2v) is 7.51. The minimum atomic E-state index is -0.923. The van der Waals surface area contributed by atoms with Gasteiger partial charge in [-0.1, -0.05) is 29.3 Å². The molecular formula is C20H16Cl2N9O2+. The smallest absolute Gasteiger partial charge is 0.276 e. The summed E-state index contributed by atoms with van der Waals surface area (Å²) in [5.41, 5.74) is 6.44. The summed E-state index contributed by atoms with van der Waals surface area (Å²) >= 11 is 12.4. The third kappa shape index (κ3) is 4.60. The molecular weight excluding hydrogens is 469 g/mol. The maximum Gasteiger partial charge on any atom is 0.276 e. The van der Waals surface area contributed by atoms with Crippen LogP contribution < -0.4 is 21.9 Å². The number of halogens is 2. The van der Waals surface area contributed by atoms with Crippen molar-refractivity contribution in [3.8, 4) is 11.5 Å². The molecule has 7 N–H and O–H groups in total. The minimum Gasteiger partial charge on any atom is -0.364 e. The molecule has 0 aliphatic carbocycles. The van der Waals surface area contributed by atoms with Gasteiger partial charge in [0.15, 0.2) is 17.2 Å². The van der Waals surface area contributed by atoms with Gasteiger partial charge in [-0.05, 0) is 24.3 Å². The van der Waals surface area contributed by atoms with Crippen LogP contribution in [-0.2, 0) is 4.79 Å². The molecule has 11 nitrogen and oxygen atoms in total. The number of carbonyl (C=O) groups is 1. The van der Waals surface area contributed by atoms with Crippen LogP contribution in [0.15, 0.2) is 65.6 Å². The molecule has 4 rings (SSSR count). The zero-order valence-electron chi connectivity index (χ0n) is 16.7. The van der Waals surface area contributed by atoms with E-state index >= 15 is 0 Å². The number of carbonyl (C=O) groups excluding carboxylic acids is 1. The maximum absolute atomic E-state index is 12.1. The van der Waals surface area contributed by atoms with E-state index in [0.717, 1.165) is 0 Å². The van der Waals surface area contributed by atoms with Crippen molar-refractivity contribution in [2.45, 2.75) is 0 Å². The molecule has 33 heavy (non-hydrogen) atoms. The van der Waals surface area contributed by atoms with E-state index in [0.29, 0.717) is 38.6 Å². The van der Waals surface area contributed by atoms with Crippen LogP contribution in [0.25, 0.3) is 17.2 Å². The van der Waals surface area contributed by atoms with E-state index in [1.54, 1.807) is 35.6 Å². The van der Waals surface area contributed by atoms with Crippen LogP contribution in [0.2, 0.25) is 10.0 Å². The van der Waals surface area contributed by atoms with Crippen molar-refractivity contribution in [3.05, 3.63) is 81.2 Å². The van der Waals surface area contributed by atoms with E-state index in [2.05, 4.69) is 25.5 Å². The molecule has 13 heteroatoms. The fourth-order valence-electron chi connectivity index (χ4n) is 2.95. The van der Waals surface area contributed by atoms with Gasteiger partial charge < -0.3 is 11.1 Å². The third-order valence-corrected chi connectivity index (χ3v) is 5.19. The number of para-hydroxylation sites is 1. The van der Waals surface area contributed by atoms with E-state index in [1.807, 2.05) is 0 Å². The zero-order valence-corrected chi connectivity index (χ0v) is 18.2. The van der Waals surface area contributed by atoms with Gasteiger partial charge in [0, 0.05) is 0 Å². The number of benzene rings is 1. The predicted octanol–water partition coefficient (Wildman–Crippen LogP) is 1.44. The summed E-state index contributed by atoms with van der Waals surface area (Å²) in [6, 6.07) is 8.33. The Morgan fingerprint density at radius 2 is 1.94 bits per heavy atom. The highest BCUT2D eigenvalue weighted by molar-refractivity contribution is 6.44. The second-order valence-electron chi connectivity index (χ2n) is 6.69. The Balaban J connectivity index is 1.62. The molecule has 3 aromatic heterocycles. The Morgan fingerprint density at radius 1 is 1.18 bits per heavy atom. The quantitative estimate of drug-likeness (QED) is 0.196. The molecule has 4 aromatic rings. The normalized spacial score (nSPS) is 11.5. The molecule has 0 unspecified atom stereocenters. The highest BCUT2D eigenvalue weighted by atomic mass is 35.5. The largest absolute Gasteiger partial charge is 0.364 e. The minimum absolute atomic E-state index is 0.112. The van der Waals surface area contributed by atoms with Gasteiger partial charge in [-0.3, -0.25) is 35.4 Å².